The molecule has 0 unspecified atom stereocenters. The molecule has 0 amide bonds. The van der Waals surface area contributed by atoms with E-state index in [0.717, 1.165) is 12.8 Å². The lowest BCUT2D eigenvalue weighted by Gasteiger charge is -1.88. The first kappa shape index (κ1) is 9.95. The molecule has 0 aromatic heterocycles. The Labute approximate surface area is 67.2 Å². The first-order chi connectivity index (χ1) is 5.27. The van der Waals surface area contributed by atoms with Crippen LogP contribution in [-0.2, 0) is 4.79 Å². The zero-order chi connectivity index (χ0) is 8.53. The molecule has 11 heavy (non-hydrogen) atoms. The Hall–Kier alpha value is -1.05. The molecule has 0 fully saturated rings. The standard InChI is InChI=1S/C9H14O2/c1-2-3-4-5-6-7-8-9(10)11/h2-5H,6-8H2,1H3,(H,10,11)/b3-2+,5-4+. The van der Waals surface area contributed by atoms with Gasteiger partial charge >= 0.3 is 5.97 Å². The summed E-state index contributed by atoms with van der Waals surface area (Å²) in [6.45, 7) is 1.95. The highest BCUT2D eigenvalue weighted by Crippen LogP contribution is 1.96. The van der Waals surface area contributed by atoms with Crippen molar-refractivity contribution in [3.05, 3.63) is 24.3 Å². The van der Waals surface area contributed by atoms with Gasteiger partial charge in [-0.05, 0) is 19.8 Å². The Balaban J connectivity index is 3.20. The lowest BCUT2D eigenvalue weighted by molar-refractivity contribution is -0.137. The Bertz CT molecular complexity index is 157. The summed E-state index contributed by atoms with van der Waals surface area (Å²) in [4.78, 5) is 10.1. The maximum Gasteiger partial charge on any atom is 0.303 e. The number of carboxylic acids is 1. The highest BCUT2D eigenvalue weighted by Gasteiger charge is 1.92. The summed E-state index contributed by atoms with van der Waals surface area (Å²) in [5.41, 5.74) is 0. The Morgan fingerprint density at radius 1 is 1.45 bits per heavy atom. The molecule has 0 atom stereocenters. The SMILES string of the molecule is C/C=C/C=C/CCCC(=O)O. The molecule has 62 valence electrons. The van der Waals surface area contributed by atoms with E-state index in [9.17, 15) is 4.79 Å². The van der Waals surface area contributed by atoms with Crippen LogP contribution < -0.4 is 0 Å². The highest BCUT2D eigenvalue weighted by atomic mass is 16.4. The number of carbonyl (C=O) groups is 1. The van der Waals surface area contributed by atoms with Crippen LogP contribution in [0, 0.1) is 0 Å². The summed E-state index contributed by atoms with van der Waals surface area (Å²) in [7, 11) is 0. The normalized spacial score (nSPS) is 11.4. The number of allylic oxidation sites excluding steroid dienone is 4. The second-order valence-electron chi connectivity index (χ2n) is 2.24. The fourth-order valence-electron chi connectivity index (χ4n) is 0.657. The summed E-state index contributed by atoms with van der Waals surface area (Å²) >= 11 is 0. The minimum atomic E-state index is -0.718. The van der Waals surface area contributed by atoms with Gasteiger partial charge in [-0.2, -0.15) is 0 Å². The first-order valence-electron chi connectivity index (χ1n) is 3.77. The molecule has 0 bridgehead atoms. The summed E-state index contributed by atoms with van der Waals surface area (Å²) in [5.74, 6) is -0.718. The van der Waals surface area contributed by atoms with Crippen molar-refractivity contribution in [2.75, 3.05) is 0 Å². The molecule has 0 saturated carbocycles. The van der Waals surface area contributed by atoms with Crippen LogP contribution in [0.4, 0.5) is 0 Å². The first-order valence-corrected chi connectivity index (χ1v) is 3.77. The summed E-state index contributed by atoms with van der Waals surface area (Å²) in [5, 5.41) is 8.28. The van der Waals surface area contributed by atoms with Crippen molar-refractivity contribution >= 4 is 5.97 Å². The second-order valence-corrected chi connectivity index (χ2v) is 2.24. The Morgan fingerprint density at radius 2 is 2.18 bits per heavy atom. The van der Waals surface area contributed by atoms with E-state index in [2.05, 4.69) is 0 Å². The van der Waals surface area contributed by atoms with Crippen LogP contribution in [-0.4, -0.2) is 11.1 Å². The molecular formula is C9H14O2. The van der Waals surface area contributed by atoms with Gasteiger partial charge in [-0.1, -0.05) is 24.3 Å². The van der Waals surface area contributed by atoms with Gasteiger partial charge in [-0.25, -0.2) is 0 Å². The van der Waals surface area contributed by atoms with Gasteiger partial charge in [-0.15, -0.1) is 0 Å². The molecule has 0 spiro atoms. The molecule has 2 nitrogen and oxygen atoms in total. The van der Waals surface area contributed by atoms with E-state index >= 15 is 0 Å². The monoisotopic (exact) mass is 154 g/mol. The number of carboxylic acid groups (broad SMARTS) is 1. The maximum atomic E-state index is 10.1. The van der Waals surface area contributed by atoms with Crippen LogP contribution >= 0.6 is 0 Å². The number of unbranched alkanes of at least 4 members (excludes halogenated alkanes) is 1. The maximum absolute atomic E-state index is 10.1. The Kier molecular flexibility index (Phi) is 6.39. The van der Waals surface area contributed by atoms with Gasteiger partial charge in [-0.3, -0.25) is 4.79 Å². The molecule has 1 N–H and O–H groups in total. The van der Waals surface area contributed by atoms with Crippen LogP contribution in [0.5, 0.6) is 0 Å². The lowest BCUT2D eigenvalue weighted by atomic mass is 10.2. The molecule has 0 heterocycles. The zero-order valence-electron chi connectivity index (χ0n) is 6.79. The van der Waals surface area contributed by atoms with Gasteiger partial charge < -0.3 is 5.11 Å². The molecule has 0 aromatic rings. The van der Waals surface area contributed by atoms with E-state index in [1.165, 1.54) is 0 Å². The molecular weight excluding hydrogens is 140 g/mol. The number of hydrogen-bond donors (Lipinski definition) is 1. The van der Waals surface area contributed by atoms with Gasteiger partial charge in [0, 0.05) is 6.42 Å². The van der Waals surface area contributed by atoms with E-state index in [0.29, 0.717) is 0 Å². The molecule has 0 rings (SSSR count). The predicted octanol–water partition coefficient (Wildman–Crippen LogP) is 2.37. The van der Waals surface area contributed by atoms with Crippen molar-refractivity contribution in [2.45, 2.75) is 26.2 Å². The summed E-state index contributed by atoms with van der Waals surface area (Å²) < 4.78 is 0. The largest absolute Gasteiger partial charge is 0.481 e. The average Bonchev–Trinajstić information content (AvgIpc) is 1.96. The topological polar surface area (TPSA) is 37.3 Å². The third-order valence-electron chi connectivity index (χ3n) is 1.20. The van der Waals surface area contributed by atoms with Gasteiger partial charge in [0.1, 0.15) is 0 Å². The number of aliphatic carboxylic acids is 1. The van der Waals surface area contributed by atoms with Gasteiger partial charge in [0.05, 0.1) is 0 Å². The zero-order valence-corrected chi connectivity index (χ0v) is 6.79. The van der Waals surface area contributed by atoms with Crippen LogP contribution in [0.1, 0.15) is 26.2 Å². The molecule has 0 aromatic carbocycles. The molecule has 0 saturated heterocycles. The predicted molar refractivity (Wildman–Crippen MR) is 45.4 cm³/mol. The third kappa shape index (κ3) is 8.95. The van der Waals surface area contributed by atoms with Crippen LogP contribution in [0.2, 0.25) is 0 Å². The van der Waals surface area contributed by atoms with E-state index in [-0.39, 0.29) is 6.42 Å². The van der Waals surface area contributed by atoms with E-state index in [4.69, 9.17) is 5.11 Å². The van der Waals surface area contributed by atoms with Crippen LogP contribution in [0.3, 0.4) is 0 Å². The van der Waals surface area contributed by atoms with E-state index in [1.54, 1.807) is 0 Å². The summed E-state index contributed by atoms with van der Waals surface area (Å²) in [6.07, 6.45) is 9.61. The van der Waals surface area contributed by atoms with Gasteiger partial charge in [0.2, 0.25) is 0 Å². The molecule has 0 aliphatic heterocycles. The minimum absolute atomic E-state index is 0.264. The van der Waals surface area contributed by atoms with Crippen molar-refractivity contribution in [1.29, 1.82) is 0 Å². The number of rotatable bonds is 5. The fourth-order valence-corrected chi connectivity index (χ4v) is 0.657. The van der Waals surface area contributed by atoms with Crippen molar-refractivity contribution in [2.24, 2.45) is 0 Å². The lowest BCUT2D eigenvalue weighted by Crippen LogP contribution is -1.92. The van der Waals surface area contributed by atoms with Crippen molar-refractivity contribution < 1.29 is 9.90 Å². The minimum Gasteiger partial charge on any atom is -0.481 e. The quantitative estimate of drug-likeness (QED) is 0.487. The molecule has 0 radical (unpaired) electrons. The fraction of sp³-hybridized carbons (Fsp3) is 0.444. The molecule has 2 heteroatoms. The third-order valence-corrected chi connectivity index (χ3v) is 1.20. The number of hydrogen-bond acceptors (Lipinski definition) is 1. The highest BCUT2D eigenvalue weighted by molar-refractivity contribution is 5.66. The molecule has 0 aliphatic rings. The second kappa shape index (κ2) is 7.06. The average molecular weight is 154 g/mol. The van der Waals surface area contributed by atoms with E-state index in [1.807, 2.05) is 31.2 Å². The van der Waals surface area contributed by atoms with Crippen molar-refractivity contribution in [3.63, 3.8) is 0 Å². The van der Waals surface area contributed by atoms with Crippen molar-refractivity contribution in [3.8, 4) is 0 Å². The van der Waals surface area contributed by atoms with E-state index < -0.39 is 5.97 Å². The Morgan fingerprint density at radius 3 is 2.73 bits per heavy atom. The smallest absolute Gasteiger partial charge is 0.303 e. The van der Waals surface area contributed by atoms with Gasteiger partial charge in [0.25, 0.3) is 0 Å². The van der Waals surface area contributed by atoms with Gasteiger partial charge in [0.15, 0.2) is 0 Å². The molecule has 0 aliphatic carbocycles. The van der Waals surface area contributed by atoms with Crippen molar-refractivity contribution in [1.82, 2.24) is 0 Å². The van der Waals surface area contributed by atoms with Crippen LogP contribution in [0.25, 0.3) is 0 Å². The van der Waals surface area contributed by atoms with Crippen LogP contribution in [0.15, 0.2) is 24.3 Å². The summed E-state index contributed by atoms with van der Waals surface area (Å²) in [6, 6.07) is 0.